The molecule has 1 atom stereocenters. The van der Waals surface area contributed by atoms with E-state index < -0.39 is 0 Å². The summed E-state index contributed by atoms with van der Waals surface area (Å²) in [5.41, 5.74) is 1.19. The fourth-order valence-corrected chi connectivity index (χ4v) is 2.40. The van der Waals surface area contributed by atoms with Crippen molar-refractivity contribution >= 4 is 5.91 Å². The number of rotatable bonds is 6. The molecule has 1 fully saturated rings. The van der Waals surface area contributed by atoms with Gasteiger partial charge in [-0.2, -0.15) is 0 Å². The molecule has 1 unspecified atom stereocenters. The van der Waals surface area contributed by atoms with Crippen molar-refractivity contribution < 1.29 is 9.53 Å². The maximum atomic E-state index is 12.5. The molecule has 1 aliphatic heterocycles. The fourth-order valence-electron chi connectivity index (χ4n) is 2.40. The van der Waals surface area contributed by atoms with Gasteiger partial charge in [0, 0.05) is 19.7 Å². The summed E-state index contributed by atoms with van der Waals surface area (Å²) in [4.78, 5) is 14.4. The lowest BCUT2D eigenvalue weighted by Crippen LogP contribution is -2.39. The zero-order valence-corrected chi connectivity index (χ0v) is 11.7. The van der Waals surface area contributed by atoms with Crippen LogP contribution in [0.1, 0.15) is 38.2 Å². The molecule has 3 nitrogen and oxygen atoms in total. The summed E-state index contributed by atoms with van der Waals surface area (Å²) in [5, 5.41) is 0. The first kappa shape index (κ1) is 14.1. The first-order valence-electron chi connectivity index (χ1n) is 7.25. The second-order valence-corrected chi connectivity index (χ2v) is 5.10. The molecule has 0 bridgehead atoms. The quantitative estimate of drug-likeness (QED) is 0.788. The molecular formula is C16H23NO2. The Morgan fingerprint density at radius 2 is 2.16 bits per heavy atom. The van der Waals surface area contributed by atoms with Crippen molar-refractivity contribution in [1.82, 2.24) is 4.90 Å². The van der Waals surface area contributed by atoms with Gasteiger partial charge in [0.05, 0.1) is 0 Å². The summed E-state index contributed by atoms with van der Waals surface area (Å²) in [7, 11) is 0. The van der Waals surface area contributed by atoms with Crippen molar-refractivity contribution in [3.8, 4) is 0 Å². The van der Waals surface area contributed by atoms with Crippen LogP contribution in [0, 0.1) is 0 Å². The molecule has 1 aromatic carbocycles. The number of nitrogens with zero attached hydrogens (tertiary/aromatic N) is 1. The molecule has 0 spiro atoms. The molecule has 1 aliphatic rings. The van der Waals surface area contributed by atoms with Crippen LogP contribution in [0.2, 0.25) is 0 Å². The van der Waals surface area contributed by atoms with E-state index >= 15 is 0 Å². The Hall–Kier alpha value is -1.35. The summed E-state index contributed by atoms with van der Waals surface area (Å²) >= 11 is 0. The molecule has 1 amide bonds. The molecule has 19 heavy (non-hydrogen) atoms. The van der Waals surface area contributed by atoms with E-state index in [-0.39, 0.29) is 12.0 Å². The largest absolute Gasteiger partial charge is 0.368 e. The van der Waals surface area contributed by atoms with E-state index in [0.29, 0.717) is 6.54 Å². The van der Waals surface area contributed by atoms with Gasteiger partial charge in [-0.25, -0.2) is 0 Å². The van der Waals surface area contributed by atoms with Gasteiger partial charge in [-0.3, -0.25) is 4.79 Å². The van der Waals surface area contributed by atoms with Crippen LogP contribution in [-0.2, 0) is 16.1 Å². The molecule has 0 aliphatic carbocycles. The van der Waals surface area contributed by atoms with E-state index in [9.17, 15) is 4.79 Å². The van der Waals surface area contributed by atoms with Crippen LogP contribution in [0.3, 0.4) is 0 Å². The molecule has 0 saturated carbocycles. The Kier molecular flexibility index (Phi) is 5.40. The monoisotopic (exact) mass is 261 g/mol. The molecule has 1 aromatic rings. The Morgan fingerprint density at radius 1 is 1.37 bits per heavy atom. The van der Waals surface area contributed by atoms with Crippen LogP contribution in [0.4, 0.5) is 0 Å². The van der Waals surface area contributed by atoms with Crippen molar-refractivity contribution in [1.29, 1.82) is 0 Å². The number of amides is 1. The van der Waals surface area contributed by atoms with Crippen molar-refractivity contribution in [2.75, 3.05) is 13.2 Å². The third-order valence-electron chi connectivity index (χ3n) is 3.51. The number of carbonyl (C=O) groups excluding carboxylic acids is 1. The summed E-state index contributed by atoms with van der Waals surface area (Å²) in [5.74, 6) is 0.162. The van der Waals surface area contributed by atoms with Crippen molar-refractivity contribution in [2.45, 2.75) is 45.3 Å². The minimum Gasteiger partial charge on any atom is -0.368 e. The summed E-state index contributed by atoms with van der Waals surface area (Å²) in [6.45, 7) is 4.39. The van der Waals surface area contributed by atoms with Crippen molar-refractivity contribution in [2.24, 2.45) is 0 Å². The van der Waals surface area contributed by atoms with Crippen LogP contribution >= 0.6 is 0 Å². The van der Waals surface area contributed by atoms with Gasteiger partial charge in [-0.15, -0.1) is 0 Å². The third-order valence-corrected chi connectivity index (χ3v) is 3.51. The number of hydrogen-bond acceptors (Lipinski definition) is 2. The predicted octanol–water partition coefficient (Wildman–Crippen LogP) is 2.99. The van der Waals surface area contributed by atoms with Crippen LogP contribution in [-0.4, -0.2) is 30.1 Å². The second kappa shape index (κ2) is 7.29. The molecule has 0 N–H and O–H groups in total. The lowest BCUT2D eigenvalue weighted by molar-refractivity contribution is -0.141. The standard InChI is InChI=1S/C16H23NO2/c1-2-3-11-17(13-14-8-5-4-6-9-14)16(18)15-10-7-12-19-15/h4-6,8-9,15H,2-3,7,10-13H2,1H3. The second-order valence-electron chi connectivity index (χ2n) is 5.10. The van der Waals surface area contributed by atoms with Crippen LogP contribution in [0.25, 0.3) is 0 Å². The summed E-state index contributed by atoms with van der Waals surface area (Å²) in [6, 6.07) is 10.2. The predicted molar refractivity (Wildman–Crippen MR) is 75.7 cm³/mol. The molecule has 3 heteroatoms. The van der Waals surface area contributed by atoms with Gasteiger partial charge in [0.2, 0.25) is 0 Å². The SMILES string of the molecule is CCCCN(Cc1ccccc1)C(=O)C1CCCO1. The lowest BCUT2D eigenvalue weighted by Gasteiger charge is -2.25. The van der Waals surface area contributed by atoms with Crippen molar-refractivity contribution in [3.05, 3.63) is 35.9 Å². The highest BCUT2D eigenvalue weighted by Gasteiger charge is 2.27. The maximum absolute atomic E-state index is 12.5. The highest BCUT2D eigenvalue weighted by Crippen LogP contribution is 2.17. The topological polar surface area (TPSA) is 29.5 Å². The fraction of sp³-hybridized carbons (Fsp3) is 0.562. The van der Waals surface area contributed by atoms with Gasteiger partial charge >= 0.3 is 0 Å². The minimum atomic E-state index is -0.208. The Balaban J connectivity index is 2.00. The first-order valence-corrected chi connectivity index (χ1v) is 7.25. The van der Waals surface area contributed by atoms with E-state index in [1.165, 1.54) is 5.56 Å². The average Bonchev–Trinajstić information content (AvgIpc) is 2.98. The van der Waals surface area contributed by atoms with Crippen LogP contribution in [0.15, 0.2) is 30.3 Å². The summed E-state index contributed by atoms with van der Waals surface area (Å²) in [6.07, 6.45) is 3.82. The van der Waals surface area contributed by atoms with E-state index in [4.69, 9.17) is 4.74 Å². The van der Waals surface area contributed by atoms with Gasteiger partial charge in [0.15, 0.2) is 0 Å². The number of ether oxygens (including phenoxy) is 1. The van der Waals surface area contributed by atoms with Gasteiger partial charge in [0.25, 0.3) is 5.91 Å². The van der Waals surface area contributed by atoms with Gasteiger partial charge < -0.3 is 9.64 Å². The van der Waals surface area contributed by atoms with E-state index in [1.54, 1.807) is 0 Å². The number of benzene rings is 1. The highest BCUT2D eigenvalue weighted by atomic mass is 16.5. The number of hydrogen-bond donors (Lipinski definition) is 0. The molecule has 2 rings (SSSR count). The Morgan fingerprint density at radius 3 is 2.79 bits per heavy atom. The molecular weight excluding hydrogens is 238 g/mol. The zero-order chi connectivity index (χ0) is 13.5. The number of unbranched alkanes of at least 4 members (excludes halogenated alkanes) is 1. The lowest BCUT2D eigenvalue weighted by atomic mass is 10.1. The Labute approximate surface area is 115 Å². The zero-order valence-electron chi connectivity index (χ0n) is 11.7. The molecule has 0 aromatic heterocycles. The molecule has 0 radical (unpaired) electrons. The van der Waals surface area contributed by atoms with E-state index in [2.05, 4.69) is 19.1 Å². The van der Waals surface area contributed by atoms with Crippen molar-refractivity contribution in [3.63, 3.8) is 0 Å². The van der Waals surface area contributed by atoms with E-state index in [0.717, 1.165) is 38.8 Å². The van der Waals surface area contributed by atoms with Gasteiger partial charge in [0.1, 0.15) is 6.10 Å². The molecule has 1 saturated heterocycles. The smallest absolute Gasteiger partial charge is 0.251 e. The van der Waals surface area contributed by atoms with Crippen LogP contribution in [0.5, 0.6) is 0 Å². The summed E-state index contributed by atoms with van der Waals surface area (Å²) < 4.78 is 5.52. The highest BCUT2D eigenvalue weighted by molar-refractivity contribution is 5.81. The Bertz CT molecular complexity index is 385. The van der Waals surface area contributed by atoms with E-state index in [1.807, 2.05) is 23.1 Å². The third kappa shape index (κ3) is 4.06. The normalized spacial score (nSPS) is 18.5. The molecule has 104 valence electrons. The van der Waals surface area contributed by atoms with Gasteiger partial charge in [-0.1, -0.05) is 43.7 Å². The van der Waals surface area contributed by atoms with Gasteiger partial charge in [-0.05, 0) is 24.8 Å². The molecule has 1 heterocycles. The average molecular weight is 261 g/mol. The maximum Gasteiger partial charge on any atom is 0.251 e. The first-order chi connectivity index (χ1) is 9.31. The number of carbonyl (C=O) groups is 1. The minimum absolute atomic E-state index is 0.162. The van der Waals surface area contributed by atoms with Crippen LogP contribution < -0.4 is 0 Å².